The van der Waals surface area contributed by atoms with E-state index >= 15 is 0 Å². The number of hydrogen-bond donors (Lipinski definition) is 1. The number of aromatic nitrogens is 2. The van der Waals surface area contributed by atoms with Crippen LogP contribution in [-0.2, 0) is 16.4 Å². The summed E-state index contributed by atoms with van der Waals surface area (Å²) < 4.78 is 25.0. The number of nitrogens with one attached hydrogen (secondary N) is 1. The van der Waals surface area contributed by atoms with Gasteiger partial charge in [0.25, 0.3) is 5.91 Å². The quantitative estimate of drug-likeness (QED) is 0.743. The molecule has 0 unspecified atom stereocenters. The van der Waals surface area contributed by atoms with Crippen LogP contribution >= 0.6 is 11.3 Å². The lowest BCUT2D eigenvalue weighted by Gasteiger charge is -2.09. The summed E-state index contributed by atoms with van der Waals surface area (Å²) in [6.45, 7) is 2.58. The van der Waals surface area contributed by atoms with Gasteiger partial charge in [0.2, 0.25) is 0 Å². The minimum absolute atomic E-state index is 0.0322. The third-order valence-corrected chi connectivity index (χ3v) is 7.49. The van der Waals surface area contributed by atoms with Crippen LogP contribution in [0.4, 0.5) is 0 Å². The minimum atomic E-state index is -3.01. The van der Waals surface area contributed by atoms with Gasteiger partial charge in [-0.15, -0.1) is 11.3 Å². The Morgan fingerprint density at radius 1 is 1.35 bits per heavy atom. The summed E-state index contributed by atoms with van der Waals surface area (Å²) >= 11 is 1.39. The van der Waals surface area contributed by atoms with Gasteiger partial charge in [-0.2, -0.15) is 5.10 Å². The fraction of sp³-hybridized carbons (Fsp3) is 0.333. The van der Waals surface area contributed by atoms with Crippen LogP contribution in [0.2, 0.25) is 0 Å². The number of benzene rings is 1. The number of nitrogens with zero attached hydrogens (tertiary/aromatic N) is 2. The van der Waals surface area contributed by atoms with E-state index in [-0.39, 0.29) is 23.5 Å². The topological polar surface area (TPSA) is 81.1 Å². The highest BCUT2D eigenvalue weighted by Gasteiger charge is 2.29. The number of sulfone groups is 1. The highest BCUT2D eigenvalue weighted by Crippen LogP contribution is 2.29. The van der Waals surface area contributed by atoms with Crippen molar-refractivity contribution in [3.63, 3.8) is 0 Å². The lowest BCUT2D eigenvalue weighted by atomic mass is 10.2. The Labute approximate surface area is 155 Å². The average molecular weight is 390 g/mol. The van der Waals surface area contributed by atoms with E-state index in [1.54, 1.807) is 0 Å². The average Bonchev–Trinajstić information content (AvgIpc) is 3.25. The predicted molar refractivity (Wildman–Crippen MR) is 102 cm³/mol. The molecule has 1 saturated heterocycles. The maximum atomic E-state index is 12.5. The van der Waals surface area contributed by atoms with Crippen molar-refractivity contribution in [2.75, 3.05) is 11.5 Å². The second-order valence-electron chi connectivity index (χ2n) is 6.63. The molecule has 26 heavy (non-hydrogen) atoms. The van der Waals surface area contributed by atoms with Crippen LogP contribution in [0.3, 0.4) is 0 Å². The number of amides is 1. The number of carbonyl (C=O) groups is 1. The molecule has 3 heterocycles. The molecule has 136 valence electrons. The van der Waals surface area contributed by atoms with Gasteiger partial charge < -0.3 is 5.32 Å². The number of aryl methyl sites for hydroxylation is 1. The first kappa shape index (κ1) is 17.2. The summed E-state index contributed by atoms with van der Waals surface area (Å²) in [6, 6.07) is 11.6. The first-order valence-corrected chi connectivity index (χ1v) is 11.1. The fourth-order valence-electron chi connectivity index (χ4n) is 3.25. The maximum absolute atomic E-state index is 12.5. The van der Waals surface area contributed by atoms with Crippen molar-refractivity contribution in [2.45, 2.75) is 25.9 Å². The standard InChI is InChI=1S/C18H19N3O3S2/c1-12-15-9-16(17(22)19-14-7-8-26(23,24)11-14)25-18(15)21(20-12)10-13-5-3-2-4-6-13/h2-6,9,14H,7-8,10-11H2,1H3,(H,19,22)/t14-/m0/s1. The van der Waals surface area contributed by atoms with Crippen LogP contribution in [0.5, 0.6) is 0 Å². The maximum Gasteiger partial charge on any atom is 0.261 e. The van der Waals surface area contributed by atoms with E-state index in [2.05, 4.69) is 10.4 Å². The van der Waals surface area contributed by atoms with Crippen molar-refractivity contribution < 1.29 is 13.2 Å². The molecule has 1 N–H and O–H groups in total. The van der Waals surface area contributed by atoms with Crippen LogP contribution in [0.25, 0.3) is 10.2 Å². The molecule has 0 aliphatic carbocycles. The largest absolute Gasteiger partial charge is 0.348 e. The molecule has 0 radical (unpaired) electrons. The van der Waals surface area contributed by atoms with Crippen LogP contribution in [-0.4, -0.2) is 41.7 Å². The summed E-state index contributed by atoms with van der Waals surface area (Å²) in [7, 11) is -3.01. The van der Waals surface area contributed by atoms with E-state index in [1.807, 2.05) is 48.0 Å². The van der Waals surface area contributed by atoms with E-state index in [1.165, 1.54) is 11.3 Å². The normalized spacial score (nSPS) is 19.0. The van der Waals surface area contributed by atoms with Gasteiger partial charge in [0.15, 0.2) is 9.84 Å². The van der Waals surface area contributed by atoms with E-state index < -0.39 is 9.84 Å². The molecule has 6 nitrogen and oxygen atoms in total. The molecule has 1 aliphatic heterocycles. The second kappa shape index (κ2) is 6.51. The highest BCUT2D eigenvalue weighted by molar-refractivity contribution is 7.91. The van der Waals surface area contributed by atoms with Gasteiger partial charge in [-0.05, 0) is 25.0 Å². The molecule has 3 aromatic rings. The lowest BCUT2D eigenvalue weighted by Crippen LogP contribution is -2.35. The summed E-state index contributed by atoms with van der Waals surface area (Å²) in [5, 5.41) is 8.40. The Bertz CT molecular complexity index is 1070. The highest BCUT2D eigenvalue weighted by atomic mass is 32.2. The van der Waals surface area contributed by atoms with Gasteiger partial charge in [0.05, 0.1) is 28.6 Å². The second-order valence-corrected chi connectivity index (χ2v) is 9.89. The monoisotopic (exact) mass is 389 g/mol. The predicted octanol–water partition coefficient (Wildman–Crippen LogP) is 2.37. The zero-order chi connectivity index (χ0) is 18.3. The first-order valence-electron chi connectivity index (χ1n) is 8.43. The lowest BCUT2D eigenvalue weighted by molar-refractivity contribution is 0.0945. The van der Waals surface area contributed by atoms with Crippen LogP contribution in [0.15, 0.2) is 36.4 Å². The summed E-state index contributed by atoms with van der Waals surface area (Å²) in [5.41, 5.74) is 2.03. The van der Waals surface area contributed by atoms with Crippen molar-refractivity contribution in [1.29, 1.82) is 0 Å². The number of fused-ring (bicyclic) bond motifs is 1. The van der Waals surface area contributed by atoms with Crippen molar-refractivity contribution in [1.82, 2.24) is 15.1 Å². The first-order chi connectivity index (χ1) is 12.4. The smallest absolute Gasteiger partial charge is 0.261 e. The van der Waals surface area contributed by atoms with Gasteiger partial charge >= 0.3 is 0 Å². The van der Waals surface area contributed by atoms with Crippen LogP contribution in [0.1, 0.15) is 27.3 Å². The zero-order valence-corrected chi connectivity index (χ0v) is 15.9. The molecule has 1 amide bonds. The molecular formula is C18H19N3O3S2. The molecule has 0 bridgehead atoms. The minimum Gasteiger partial charge on any atom is -0.348 e. The fourth-order valence-corrected chi connectivity index (χ4v) is 5.99. The van der Waals surface area contributed by atoms with E-state index in [9.17, 15) is 13.2 Å². The van der Waals surface area contributed by atoms with Crippen molar-refractivity contribution in [3.05, 3.63) is 52.5 Å². The number of carbonyl (C=O) groups excluding carboxylic acids is 1. The zero-order valence-electron chi connectivity index (χ0n) is 14.3. The summed E-state index contributed by atoms with van der Waals surface area (Å²) in [4.78, 5) is 14.1. The Hall–Kier alpha value is -2.19. The van der Waals surface area contributed by atoms with Crippen molar-refractivity contribution >= 4 is 37.3 Å². The summed E-state index contributed by atoms with van der Waals surface area (Å²) in [6.07, 6.45) is 0.486. The Morgan fingerprint density at radius 3 is 2.81 bits per heavy atom. The van der Waals surface area contributed by atoms with Crippen molar-refractivity contribution in [3.8, 4) is 0 Å². The molecule has 2 aromatic heterocycles. The number of thiophene rings is 1. The third kappa shape index (κ3) is 3.39. The molecule has 4 rings (SSSR count). The Kier molecular flexibility index (Phi) is 4.32. The van der Waals surface area contributed by atoms with Gasteiger partial charge in [-0.3, -0.25) is 9.48 Å². The molecule has 1 fully saturated rings. The molecular weight excluding hydrogens is 370 g/mol. The molecule has 8 heteroatoms. The molecule has 1 aliphatic rings. The van der Waals surface area contributed by atoms with Gasteiger partial charge in [0.1, 0.15) is 4.83 Å². The van der Waals surface area contributed by atoms with Crippen molar-refractivity contribution in [2.24, 2.45) is 0 Å². The summed E-state index contributed by atoms with van der Waals surface area (Å²) in [5.74, 6) is -0.0288. The molecule has 1 atom stereocenters. The van der Waals surface area contributed by atoms with Crippen LogP contribution < -0.4 is 5.32 Å². The number of rotatable bonds is 4. The van der Waals surface area contributed by atoms with E-state index in [4.69, 9.17) is 0 Å². The third-order valence-electron chi connectivity index (χ3n) is 4.57. The Morgan fingerprint density at radius 2 is 2.12 bits per heavy atom. The number of hydrogen-bond acceptors (Lipinski definition) is 5. The van der Waals surface area contributed by atoms with Gasteiger partial charge in [-0.25, -0.2) is 8.42 Å². The molecule has 0 saturated carbocycles. The van der Waals surface area contributed by atoms with E-state index in [0.29, 0.717) is 17.8 Å². The van der Waals surface area contributed by atoms with Crippen LogP contribution in [0, 0.1) is 6.92 Å². The Balaban J connectivity index is 1.57. The van der Waals surface area contributed by atoms with E-state index in [0.717, 1.165) is 21.5 Å². The van der Waals surface area contributed by atoms with Gasteiger partial charge in [-0.1, -0.05) is 30.3 Å². The molecule has 1 aromatic carbocycles. The van der Waals surface area contributed by atoms with Gasteiger partial charge in [0, 0.05) is 11.4 Å². The SMILES string of the molecule is Cc1nn(Cc2ccccc2)c2sc(C(=O)N[C@H]3CCS(=O)(=O)C3)cc12. The molecule has 0 spiro atoms.